The summed E-state index contributed by atoms with van der Waals surface area (Å²) in [6.45, 7) is 5.09. The fraction of sp³-hybridized carbons (Fsp3) is 0.719. The van der Waals surface area contributed by atoms with Gasteiger partial charge in [-0.3, -0.25) is 14.4 Å². The molecular weight excluding hydrogens is 522 g/mol. The van der Waals surface area contributed by atoms with E-state index < -0.39 is 29.1 Å². The smallest absolute Gasteiger partial charge is 0.246 e. The summed E-state index contributed by atoms with van der Waals surface area (Å²) in [6, 6.07) is 6.63. The number of likely N-dealkylation sites (tertiary alicyclic amines) is 1. The van der Waals surface area contributed by atoms with Gasteiger partial charge in [0, 0.05) is 24.9 Å². The molecule has 5 rings (SSSR count). The standard InChI is InChI=1S/C32H47N3O6/c1-3-31-18-19-32(41-31)26(25(31)28(37)33-23-14-16-24(17-15-23)40-4-2)30(39)35(20-10-5-6-11-21-36)27(32)29(38)34-22-12-8-7-9-13-22/h14-17,22,25-27,36H,3-13,18-21H2,1-2H3,(H,33,37)(H,34,38)/t25-,26+,27?,31+,32?/m1/s1. The van der Waals surface area contributed by atoms with Gasteiger partial charge in [0.2, 0.25) is 17.7 Å². The summed E-state index contributed by atoms with van der Waals surface area (Å²) in [4.78, 5) is 44.0. The zero-order valence-corrected chi connectivity index (χ0v) is 24.7. The summed E-state index contributed by atoms with van der Waals surface area (Å²) in [6.07, 6.45) is 10.3. The molecule has 9 heteroatoms. The lowest BCUT2D eigenvalue weighted by Gasteiger charge is -2.35. The average molecular weight is 570 g/mol. The molecule has 41 heavy (non-hydrogen) atoms. The van der Waals surface area contributed by atoms with E-state index in [4.69, 9.17) is 14.6 Å². The molecule has 1 aromatic carbocycles. The Bertz CT molecular complexity index is 1090. The Labute approximate surface area is 243 Å². The minimum Gasteiger partial charge on any atom is -0.494 e. The number of hydrogen-bond donors (Lipinski definition) is 3. The normalized spacial score (nSPS) is 30.9. The Morgan fingerprint density at radius 3 is 2.44 bits per heavy atom. The number of aliphatic hydroxyl groups excluding tert-OH is 1. The van der Waals surface area contributed by atoms with Gasteiger partial charge in [-0.25, -0.2) is 0 Å². The molecule has 9 nitrogen and oxygen atoms in total. The predicted molar refractivity (Wildman–Crippen MR) is 155 cm³/mol. The van der Waals surface area contributed by atoms with Crippen LogP contribution in [0.4, 0.5) is 5.69 Å². The van der Waals surface area contributed by atoms with Crippen LogP contribution < -0.4 is 15.4 Å². The molecule has 2 bridgehead atoms. The summed E-state index contributed by atoms with van der Waals surface area (Å²) in [5, 5.41) is 15.5. The van der Waals surface area contributed by atoms with Crippen molar-refractivity contribution in [3.63, 3.8) is 0 Å². The summed E-state index contributed by atoms with van der Waals surface area (Å²) in [7, 11) is 0. The van der Waals surface area contributed by atoms with Gasteiger partial charge in [-0.2, -0.15) is 0 Å². The molecule has 3 heterocycles. The van der Waals surface area contributed by atoms with Crippen LogP contribution in [0.2, 0.25) is 0 Å². The lowest BCUT2D eigenvalue weighted by atomic mass is 9.65. The summed E-state index contributed by atoms with van der Waals surface area (Å²) in [5.41, 5.74) is -1.14. The van der Waals surface area contributed by atoms with Crippen molar-refractivity contribution in [2.45, 2.75) is 114 Å². The van der Waals surface area contributed by atoms with Crippen LogP contribution in [0.15, 0.2) is 24.3 Å². The number of benzene rings is 1. The molecule has 3 amide bonds. The quantitative estimate of drug-likeness (QED) is 0.307. The Hall–Kier alpha value is -2.65. The van der Waals surface area contributed by atoms with E-state index in [0.29, 0.717) is 38.1 Å². The molecule has 3 N–H and O–H groups in total. The molecule has 226 valence electrons. The summed E-state index contributed by atoms with van der Waals surface area (Å²) < 4.78 is 12.4. The van der Waals surface area contributed by atoms with E-state index in [-0.39, 0.29) is 30.4 Å². The van der Waals surface area contributed by atoms with Crippen molar-refractivity contribution in [2.75, 3.05) is 25.1 Å². The Morgan fingerprint density at radius 2 is 1.76 bits per heavy atom. The van der Waals surface area contributed by atoms with E-state index in [2.05, 4.69) is 10.6 Å². The third-order valence-corrected chi connectivity index (χ3v) is 9.90. The van der Waals surface area contributed by atoms with Crippen LogP contribution in [0.3, 0.4) is 0 Å². The average Bonchev–Trinajstić information content (AvgIpc) is 3.58. The first kappa shape index (κ1) is 29.8. The number of carbonyl (C=O) groups is 3. The van der Waals surface area contributed by atoms with Gasteiger partial charge in [-0.05, 0) is 76.1 Å². The lowest BCUT2D eigenvalue weighted by Crippen LogP contribution is -2.57. The fourth-order valence-corrected chi connectivity index (χ4v) is 7.95. The van der Waals surface area contributed by atoms with E-state index >= 15 is 0 Å². The maximum absolute atomic E-state index is 14.3. The molecular formula is C32H47N3O6. The second kappa shape index (κ2) is 12.7. The number of amides is 3. The number of nitrogens with one attached hydrogen (secondary N) is 2. The van der Waals surface area contributed by atoms with Crippen molar-refractivity contribution < 1.29 is 29.0 Å². The van der Waals surface area contributed by atoms with E-state index in [1.54, 1.807) is 17.0 Å². The lowest BCUT2D eigenvalue weighted by molar-refractivity contribution is -0.147. The molecule has 1 saturated carbocycles. The third kappa shape index (κ3) is 5.59. The van der Waals surface area contributed by atoms with Crippen LogP contribution >= 0.6 is 0 Å². The summed E-state index contributed by atoms with van der Waals surface area (Å²) in [5.74, 6) is -1.15. The first-order valence-corrected chi connectivity index (χ1v) is 15.8. The number of hydrogen-bond acceptors (Lipinski definition) is 6. The molecule has 5 atom stereocenters. The van der Waals surface area contributed by atoms with Crippen LogP contribution in [0.25, 0.3) is 0 Å². The maximum Gasteiger partial charge on any atom is 0.246 e. The van der Waals surface area contributed by atoms with Gasteiger partial charge in [-0.15, -0.1) is 0 Å². The van der Waals surface area contributed by atoms with Crippen LogP contribution in [-0.4, -0.2) is 70.8 Å². The van der Waals surface area contributed by atoms with Gasteiger partial charge in [0.25, 0.3) is 0 Å². The van der Waals surface area contributed by atoms with E-state index in [0.717, 1.165) is 57.1 Å². The maximum atomic E-state index is 14.3. The van der Waals surface area contributed by atoms with Crippen molar-refractivity contribution in [1.82, 2.24) is 10.2 Å². The molecule has 0 radical (unpaired) electrons. The molecule has 1 aromatic rings. The number of fused-ring (bicyclic) bond motifs is 1. The number of rotatable bonds is 13. The Balaban J connectivity index is 1.41. The minimum absolute atomic E-state index is 0.116. The van der Waals surface area contributed by atoms with Gasteiger partial charge >= 0.3 is 0 Å². The molecule has 2 unspecified atom stereocenters. The second-order valence-electron chi connectivity index (χ2n) is 12.3. The topological polar surface area (TPSA) is 117 Å². The zero-order valence-electron chi connectivity index (χ0n) is 24.7. The minimum atomic E-state index is -1.00. The van der Waals surface area contributed by atoms with Crippen LogP contribution in [-0.2, 0) is 19.1 Å². The highest BCUT2D eigenvalue weighted by molar-refractivity contribution is 6.02. The number of unbranched alkanes of at least 4 members (excludes halogenated alkanes) is 3. The van der Waals surface area contributed by atoms with Crippen LogP contribution in [0.5, 0.6) is 5.75 Å². The number of ether oxygens (including phenoxy) is 2. The monoisotopic (exact) mass is 569 g/mol. The SMILES string of the molecule is CCOc1ccc(NC(=O)[C@H]2[C@H]3C(=O)N(CCCCCCO)C(C(=O)NC4CCCCC4)C34CC[C@]2(CC)O4)cc1. The molecule has 1 spiro atoms. The molecule has 3 saturated heterocycles. The van der Waals surface area contributed by atoms with Crippen molar-refractivity contribution in [2.24, 2.45) is 11.8 Å². The van der Waals surface area contributed by atoms with Gasteiger partial charge in [0.1, 0.15) is 17.4 Å². The van der Waals surface area contributed by atoms with E-state index in [1.165, 1.54) is 6.42 Å². The largest absolute Gasteiger partial charge is 0.494 e. The van der Waals surface area contributed by atoms with Crippen molar-refractivity contribution in [3.05, 3.63) is 24.3 Å². The zero-order chi connectivity index (χ0) is 29.0. The third-order valence-electron chi connectivity index (χ3n) is 9.90. The molecule has 4 aliphatic rings. The summed E-state index contributed by atoms with van der Waals surface area (Å²) >= 11 is 0. The predicted octanol–water partition coefficient (Wildman–Crippen LogP) is 4.18. The molecule has 4 fully saturated rings. The van der Waals surface area contributed by atoms with Crippen LogP contribution in [0, 0.1) is 11.8 Å². The number of nitrogens with zero attached hydrogens (tertiary/aromatic N) is 1. The first-order chi connectivity index (χ1) is 19.9. The molecule has 3 aliphatic heterocycles. The van der Waals surface area contributed by atoms with Gasteiger partial charge in [-0.1, -0.05) is 39.0 Å². The number of carbonyl (C=O) groups excluding carboxylic acids is 3. The highest BCUT2D eigenvalue weighted by atomic mass is 16.5. The first-order valence-electron chi connectivity index (χ1n) is 15.8. The Kier molecular flexibility index (Phi) is 9.24. The number of aliphatic hydroxyl groups is 1. The fourth-order valence-electron chi connectivity index (χ4n) is 7.95. The highest BCUT2D eigenvalue weighted by Crippen LogP contribution is 2.64. The second-order valence-corrected chi connectivity index (χ2v) is 12.3. The van der Waals surface area contributed by atoms with Crippen molar-refractivity contribution in [3.8, 4) is 5.75 Å². The molecule has 1 aliphatic carbocycles. The van der Waals surface area contributed by atoms with Gasteiger partial charge in [0.05, 0.1) is 24.0 Å². The van der Waals surface area contributed by atoms with Gasteiger partial charge in [0.15, 0.2) is 0 Å². The Morgan fingerprint density at radius 1 is 1.02 bits per heavy atom. The van der Waals surface area contributed by atoms with Crippen LogP contribution in [0.1, 0.15) is 90.9 Å². The highest BCUT2D eigenvalue weighted by Gasteiger charge is 2.78. The molecule has 0 aromatic heterocycles. The number of anilines is 1. The van der Waals surface area contributed by atoms with Gasteiger partial charge < -0.3 is 30.1 Å². The van der Waals surface area contributed by atoms with Crippen molar-refractivity contribution >= 4 is 23.4 Å². The van der Waals surface area contributed by atoms with E-state index in [1.807, 2.05) is 26.0 Å². The van der Waals surface area contributed by atoms with E-state index in [9.17, 15) is 14.4 Å². The van der Waals surface area contributed by atoms with Crippen molar-refractivity contribution in [1.29, 1.82) is 0 Å².